The van der Waals surface area contributed by atoms with Crippen LogP contribution in [0.5, 0.6) is 0 Å². The third kappa shape index (κ3) is 435000. The van der Waals surface area contributed by atoms with E-state index >= 15 is 0 Å². The molecule has 0 aromatic carbocycles. The summed E-state index contributed by atoms with van der Waals surface area (Å²) in [4.78, 5) is 0. The van der Waals surface area contributed by atoms with Gasteiger partial charge in [-0.2, -0.15) is 0 Å². The molecule has 0 N–H and O–H groups in total. The van der Waals surface area contributed by atoms with E-state index in [4.69, 9.17) is 70.1 Å². The van der Waals surface area contributed by atoms with Gasteiger partial charge in [-0.15, -0.1) is 0 Å². The summed E-state index contributed by atoms with van der Waals surface area (Å²) in [6, 6.07) is 0. The molecule has 22 nitrogen and oxygen atoms in total. The van der Waals surface area contributed by atoms with Crippen LogP contribution in [0.3, 0.4) is 0 Å². The molecule has 2 radical (unpaired) electrons. The van der Waals surface area contributed by atoms with Gasteiger partial charge in [-0.25, -0.2) is 0 Å². The molecule has 0 aliphatic heterocycles. The average molecular weight is 815 g/mol. The molecule has 0 aromatic heterocycles. The first-order valence-electron chi connectivity index (χ1n) is 9.82. The average Bonchev–Trinajstić information content (AvgIpc) is 2.16. The van der Waals surface area contributed by atoms with E-state index in [0.717, 1.165) is 17.9 Å². The van der Waals surface area contributed by atoms with Crippen molar-refractivity contribution in [1.29, 1.82) is 0 Å². The van der Waals surface area contributed by atoms with Crippen molar-refractivity contribution in [2.75, 3.05) is 113 Å². The molecule has 0 rings (SSSR count). The Hall–Kier alpha value is 0.409. The van der Waals surface area contributed by atoms with Gasteiger partial charge >= 0.3 is 37.1 Å². The Morgan fingerprint density at radius 1 is 0.273 bits per heavy atom. The van der Waals surface area contributed by atoms with E-state index in [1.165, 1.54) is 0 Å². The standard InChI is InChI=1S/4C4H12N.4H2O4S.2O.2V/c8*1-5(2,3)4;;;;/h4*1-4H3;4*(H2,1,2,3,4);;;;/q4*+1;;;;;2*-2;2*+4/p-8. The molecule has 0 spiro atoms. The molecule has 28 heteroatoms. The summed E-state index contributed by atoms with van der Waals surface area (Å²) < 4.78 is 140. The van der Waals surface area contributed by atoms with E-state index in [1.54, 1.807) is 0 Å². The minimum absolute atomic E-state index is 0. The van der Waals surface area contributed by atoms with Gasteiger partial charge in [-0.05, 0) is 0 Å². The van der Waals surface area contributed by atoms with Crippen LogP contribution < -0.4 is 0 Å². The van der Waals surface area contributed by atoms with Crippen LogP contribution in [0.4, 0.5) is 0 Å². The summed E-state index contributed by atoms with van der Waals surface area (Å²) >= 11 is 0. The number of hydrogen-bond donors (Lipinski definition) is 0. The van der Waals surface area contributed by atoms with Crippen LogP contribution in [0.25, 0.3) is 0 Å². The second-order valence-electron chi connectivity index (χ2n) is 12.4. The Labute approximate surface area is 289 Å². The number of rotatable bonds is 0. The van der Waals surface area contributed by atoms with E-state index < -0.39 is 41.6 Å². The SMILES string of the molecule is C[N+](C)(C)C.C[N+](C)(C)C.C[N+](C)(C)C.C[N+](C)(C)C.O=S(=O)([O-])[O-].O=S(=O)([O-])[O-].O=S(=O)([O-])[O-].O=S(=O)([O-])[O-].[O-2].[O-2].[V+4].[V+4]. The summed E-state index contributed by atoms with van der Waals surface area (Å²) in [6.45, 7) is 0. The maximum absolute atomic E-state index is 8.52. The summed E-state index contributed by atoms with van der Waals surface area (Å²) in [5, 5.41) is 0. The Morgan fingerprint density at radius 3 is 0.273 bits per heavy atom. The van der Waals surface area contributed by atoms with Crippen LogP contribution in [0.2, 0.25) is 0 Å². The summed E-state index contributed by atoms with van der Waals surface area (Å²) in [6.07, 6.45) is 0. The number of quaternary nitrogens is 4. The minimum Gasteiger partial charge on any atom is -2.00 e. The second kappa shape index (κ2) is 33.3. The molecular formula is C16H48N4O18S4V2. The van der Waals surface area contributed by atoms with Crippen molar-refractivity contribution in [1.82, 2.24) is 0 Å². The van der Waals surface area contributed by atoms with Crippen molar-refractivity contribution in [2.45, 2.75) is 0 Å². The third-order valence-electron chi connectivity index (χ3n) is 0. The monoisotopic (exact) mass is 814 g/mol. The molecule has 0 aliphatic rings. The molecule has 0 bridgehead atoms. The van der Waals surface area contributed by atoms with Gasteiger partial charge in [0.05, 0.1) is 113 Å². The van der Waals surface area contributed by atoms with Crippen molar-refractivity contribution in [3.63, 3.8) is 0 Å². The quantitative estimate of drug-likeness (QED) is 0.127. The second-order valence-corrected chi connectivity index (χ2v) is 15.6. The molecule has 0 aliphatic carbocycles. The Kier molecular flexibility index (Phi) is 60.3. The predicted octanol–water partition coefficient (Wildman–Crippen LogP) is -4.31. The van der Waals surface area contributed by atoms with Crippen molar-refractivity contribution in [2.24, 2.45) is 0 Å². The van der Waals surface area contributed by atoms with Crippen LogP contribution in [-0.4, -0.2) is 201 Å². The topological polar surface area (TPSA) is 378 Å². The van der Waals surface area contributed by atoms with Gasteiger partial charge < -0.3 is 65.3 Å². The minimum atomic E-state index is -5.17. The van der Waals surface area contributed by atoms with Crippen LogP contribution in [0, 0.1) is 0 Å². The molecular weight excluding hydrogens is 766 g/mol. The summed E-state index contributed by atoms with van der Waals surface area (Å²) in [5.41, 5.74) is 0. The van der Waals surface area contributed by atoms with Gasteiger partial charge in [-0.3, -0.25) is 33.7 Å². The zero-order valence-corrected chi connectivity index (χ0v) is 33.7. The molecule has 44 heavy (non-hydrogen) atoms. The third-order valence-corrected chi connectivity index (χ3v) is 0. The summed E-state index contributed by atoms with van der Waals surface area (Å²) in [5.74, 6) is 0. The fraction of sp³-hybridized carbons (Fsp3) is 1.00. The normalized spacial score (nSPS) is 10.7. The van der Waals surface area contributed by atoms with E-state index in [0.29, 0.717) is 0 Å². The van der Waals surface area contributed by atoms with Crippen LogP contribution >= 0.6 is 0 Å². The fourth-order valence-electron chi connectivity index (χ4n) is 0. The van der Waals surface area contributed by atoms with Crippen molar-refractivity contribution in [3.8, 4) is 0 Å². The maximum Gasteiger partial charge on any atom is 4.00 e. The molecule has 0 aromatic rings. The van der Waals surface area contributed by atoms with Crippen LogP contribution in [0.1, 0.15) is 0 Å². The van der Waals surface area contributed by atoms with E-state index in [9.17, 15) is 0 Å². The van der Waals surface area contributed by atoms with Gasteiger partial charge in [0.15, 0.2) is 0 Å². The molecule has 0 heterocycles. The maximum atomic E-state index is 8.52. The molecule has 0 atom stereocenters. The van der Waals surface area contributed by atoms with Crippen molar-refractivity contribution in [3.05, 3.63) is 0 Å². The van der Waals surface area contributed by atoms with Gasteiger partial charge in [0.25, 0.3) is 0 Å². The predicted molar refractivity (Wildman–Crippen MR) is 139 cm³/mol. The number of nitrogens with zero attached hydrogens (tertiary/aromatic N) is 4. The molecule has 0 unspecified atom stereocenters. The van der Waals surface area contributed by atoms with Gasteiger partial charge in [-0.1, -0.05) is 0 Å². The van der Waals surface area contributed by atoms with Crippen LogP contribution in [0.15, 0.2) is 0 Å². The molecule has 274 valence electrons. The summed E-state index contributed by atoms with van der Waals surface area (Å²) in [7, 11) is 13.3. The van der Waals surface area contributed by atoms with E-state index in [1.807, 2.05) is 0 Å². The zero-order valence-electron chi connectivity index (χ0n) is 27.7. The zero-order chi connectivity index (χ0) is 36.0. The van der Waals surface area contributed by atoms with E-state index in [-0.39, 0.29) is 48.1 Å². The molecule has 0 saturated heterocycles. The smallest absolute Gasteiger partial charge is 2.00 e. The first-order valence-corrected chi connectivity index (χ1v) is 15.2. The number of hydrogen-bond acceptors (Lipinski definition) is 16. The fourth-order valence-corrected chi connectivity index (χ4v) is 0. The van der Waals surface area contributed by atoms with Gasteiger partial charge in [0.1, 0.15) is 0 Å². The Balaban J connectivity index is -0.0000000263. The first kappa shape index (κ1) is 79.7. The molecule has 0 saturated carbocycles. The first-order chi connectivity index (χ1) is 16.0. The van der Waals surface area contributed by atoms with Crippen molar-refractivity contribution >= 4 is 41.6 Å². The van der Waals surface area contributed by atoms with E-state index in [2.05, 4.69) is 113 Å². The van der Waals surface area contributed by atoms with Gasteiger partial charge in [0.2, 0.25) is 0 Å². The Morgan fingerprint density at radius 2 is 0.273 bits per heavy atom. The van der Waals surface area contributed by atoms with Crippen molar-refractivity contribution < 1.29 is 136 Å². The largest absolute Gasteiger partial charge is 4.00 e. The Bertz CT molecular complexity index is 791. The van der Waals surface area contributed by atoms with Gasteiger partial charge in [0, 0.05) is 41.6 Å². The molecule has 0 fully saturated rings. The van der Waals surface area contributed by atoms with Crippen LogP contribution in [-0.2, 0) is 89.7 Å². The molecule has 0 amide bonds.